The van der Waals surface area contributed by atoms with E-state index >= 15 is 0 Å². The zero-order valence-corrected chi connectivity index (χ0v) is 15.2. The van der Waals surface area contributed by atoms with Crippen LogP contribution in [0, 0.1) is 10.1 Å². The highest BCUT2D eigenvalue weighted by Crippen LogP contribution is 2.31. The van der Waals surface area contributed by atoms with Crippen LogP contribution in [0.15, 0.2) is 48.5 Å². The van der Waals surface area contributed by atoms with E-state index in [1.807, 2.05) is 32.0 Å². The summed E-state index contributed by atoms with van der Waals surface area (Å²) in [7, 11) is 0. The zero-order valence-electron chi connectivity index (χ0n) is 15.2. The molecule has 1 aliphatic rings. The summed E-state index contributed by atoms with van der Waals surface area (Å²) in [6, 6.07) is 15.1. The summed E-state index contributed by atoms with van der Waals surface area (Å²) < 4.78 is 5.85. The third kappa shape index (κ3) is 4.20. The number of hydrogen-bond acceptors (Lipinski definition) is 5. The number of nitrogens with two attached hydrogens (primary N) is 1. The van der Waals surface area contributed by atoms with Crippen LogP contribution in [-0.4, -0.2) is 35.1 Å². The van der Waals surface area contributed by atoms with Crippen LogP contribution < -0.4 is 10.5 Å². The standard InChI is InChI=1S/C20H25N3O3/c1-14(2)26-20-9-8-17(23(24)25)10-16(20)11-22-12-18(19(21)13-22)15-6-4-3-5-7-15/h3-10,14,18-19H,11-13,21H2,1-2H3/t18-,19+/m0/s1. The molecule has 2 atom stereocenters. The minimum absolute atomic E-state index is 0.00751. The van der Waals surface area contributed by atoms with Crippen LogP contribution in [-0.2, 0) is 6.54 Å². The number of nitro benzene ring substituents is 1. The first kappa shape index (κ1) is 18.4. The molecule has 0 unspecified atom stereocenters. The number of likely N-dealkylation sites (tertiary alicyclic amines) is 1. The van der Waals surface area contributed by atoms with E-state index in [1.165, 1.54) is 11.6 Å². The molecule has 1 heterocycles. The Bertz CT molecular complexity index is 764. The fourth-order valence-electron chi connectivity index (χ4n) is 3.51. The summed E-state index contributed by atoms with van der Waals surface area (Å²) in [5.74, 6) is 0.965. The SMILES string of the molecule is CC(C)Oc1ccc([N+](=O)[O-])cc1CN1C[C@@H](N)[C@H](c2ccccc2)C1. The Morgan fingerprint density at radius 3 is 2.62 bits per heavy atom. The lowest BCUT2D eigenvalue weighted by Gasteiger charge is -2.19. The van der Waals surface area contributed by atoms with Crippen LogP contribution in [0.1, 0.15) is 30.9 Å². The molecule has 26 heavy (non-hydrogen) atoms. The average Bonchev–Trinajstić information content (AvgIpc) is 2.97. The minimum atomic E-state index is -0.370. The highest BCUT2D eigenvalue weighted by Gasteiger charge is 2.31. The number of benzene rings is 2. The largest absolute Gasteiger partial charge is 0.491 e. The number of nitrogens with zero attached hydrogens (tertiary/aromatic N) is 2. The maximum absolute atomic E-state index is 11.1. The molecule has 1 fully saturated rings. The monoisotopic (exact) mass is 355 g/mol. The van der Waals surface area contributed by atoms with Gasteiger partial charge in [-0.3, -0.25) is 15.0 Å². The van der Waals surface area contributed by atoms with Crippen molar-refractivity contribution < 1.29 is 9.66 Å². The molecular formula is C20H25N3O3. The second kappa shape index (κ2) is 7.85. The van der Waals surface area contributed by atoms with Crippen molar-refractivity contribution in [3.05, 3.63) is 69.8 Å². The van der Waals surface area contributed by atoms with E-state index < -0.39 is 0 Å². The predicted molar refractivity (Wildman–Crippen MR) is 101 cm³/mol. The summed E-state index contributed by atoms with van der Waals surface area (Å²) in [6.07, 6.45) is 0.00751. The second-order valence-corrected chi connectivity index (χ2v) is 7.09. The topological polar surface area (TPSA) is 81.6 Å². The molecule has 0 radical (unpaired) electrons. The molecule has 0 aliphatic carbocycles. The third-order valence-corrected chi connectivity index (χ3v) is 4.68. The van der Waals surface area contributed by atoms with Crippen molar-refractivity contribution in [3.8, 4) is 5.75 Å². The minimum Gasteiger partial charge on any atom is -0.491 e. The lowest BCUT2D eigenvalue weighted by atomic mass is 9.95. The fourth-order valence-corrected chi connectivity index (χ4v) is 3.51. The molecule has 3 rings (SSSR count). The van der Waals surface area contributed by atoms with Gasteiger partial charge in [0, 0.05) is 49.3 Å². The molecule has 1 saturated heterocycles. The molecule has 0 aromatic heterocycles. The molecule has 1 aliphatic heterocycles. The molecule has 0 amide bonds. The lowest BCUT2D eigenvalue weighted by molar-refractivity contribution is -0.385. The smallest absolute Gasteiger partial charge is 0.270 e. The van der Waals surface area contributed by atoms with Gasteiger partial charge in [0.25, 0.3) is 5.69 Å². The molecular weight excluding hydrogens is 330 g/mol. The van der Waals surface area contributed by atoms with Crippen LogP contribution >= 0.6 is 0 Å². The summed E-state index contributed by atoms with van der Waals surface area (Å²) in [5, 5.41) is 11.1. The molecule has 2 aromatic rings. The Hall–Kier alpha value is -2.44. The van der Waals surface area contributed by atoms with Gasteiger partial charge < -0.3 is 10.5 Å². The first-order valence-electron chi connectivity index (χ1n) is 8.91. The van der Waals surface area contributed by atoms with Crippen molar-refractivity contribution in [2.45, 2.75) is 38.5 Å². The summed E-state index contributed by atoms with van der Waals surface area (Å²) in [6.45, 7) is 6.06. The third-order valence-electron chi connectivity index (χ3n) is 4.68. The molecule has 6 nitrogen and oxygen atoms in total. The van der Waals surface area contributed by atoms with Crippen LogP contribution in [0.3, 0.4) is 0 Å². The van der Waals surface area contributed by atoms with Crippen molar-refractivity contribution in [3.63, 3.8) is 0 Å². The van der Waals surface area contributed by atoms with Crippen molar-refractivity contribution >= 4 is 5.69 Å². The molecule has 6 heteroatoms. The van der Waals surface area contributed by atoms with Gasteiger partial charge in [-0.15, -0.1) is 0 Å². The van der Waals surface area contributed by atoms with E-state index in [9.17, 15) is 10.1 Å². The number of hydrogen-bond donors (Lipinski definition) is 1. The fraction of sp³-hybridized carbons (Fsp3) is 0.400. The van der Waals surface area contributed by atoms with Gasteiger partial charge in [0.2, 0.25) is 0 Å². The van der Waals surface area contributed by atoms with Crippen molar-refractivity contribution in [2.75, 3.05) is 13.1 Å². The van der Waals surface area contributed by atoms with E-state index in [-0.39, 0.29) is 28.7 Å². The van der Waals surface area contributed by atoms with E-state index in [2.05, 4.69) is 17.0 Å². The van der Waals surface area contributed by atoms with Crippen molar-refractivity contribution in [1.29, 1.82) is 0 Å². The normalized spacial score (nSPS) is 20.5. The second-order valence-electron chi connectivity index (χ2n) is 7.09. The summed E-state index contributed by atoms with van der Waals surface area (Å²) >= 11 is 0. The van der Waals surface area contributed by atoms with E-state index in [0.717, 1.165) is 18.7 Å². The van der Waals surface area contributed by atoms with Gasteiger partial charge in [-0.1, -0.05) is 30.3 Å². The Balaban J connectivity index is 1.79. The van der Waals surface area contributed by atoms with Gasteiger partial charge in [0.1, 0.15) is 5.75 Å². The average molecular weight is 355 g/mol. The highest BCUT2D eigenvalue weighted by molar-refractivity contribution is 5.44. The maximum Gasteiger partial charge on any atom is 0.270 e. The highest BCUT2D eigenvalue weighted by atomic mass is 16.6. The molecule has 2 aromatic carbocycles. The van der Waals surface area contributed by atoms with E-state index in [0.29, 0.717) is 12.3 Å². The van der Waals surface area contributed by atoms with Crippen LogP contribution in [0.4, 0.5) is 5.69 Å². The Labute approximate surface area is 153 Å². The Morgan fingerprint density at radius 1 is 1.23 bits per heavy atom. The lowest BCUT2D eigenvalue weighted by Crippen LogP contribution is -2.28. The summed E-state index contributed by atoms with van der Waals surface area (Å²) in [5.41, 5.74) is 8.52. The molecule has 0 saturated carbocycles. The first-order chi connectivity index (χ1) is 12.4. The van der Waals surface area contributed by atoms with Gasteiger partial charge >= 0.3 is 0 Å². The first-order valence-corrected chi connectivity index (χ1v) is 8.91. The Kier molecular flexibility index (Phi) is 5.54. The van der Waals surface area contributed by atoms with Crippen LogP contribution in [0.2, 0.25) is 0 Å². The predicted octanol–water partition coefficient (Wildman–Crippen LogP) is 3.31. The van der Waals surface area contributed by atoms with Crippen LogP contribution in [0.5, 0.6) is 5.75 Å². The summed E-state index contributed by atoms with van der Waals surface area (Å²) in [4.78, 5) is 13.0. The van der Waals surface area contributed by atoms with Crippen molar-refractivity contribution in [2.24, 2.45) is 5.73 Å². The maximum atomic E-state index is 11.1. The van der Waals surface area contributed by atoms with Gasteiger partial charge in [-0.25, -0.2) is 0 Å². The number of nitro groups is 1. The van der Waals surface area contributed by atoms with E-state index in [4.69, 9.17) is 10.5 Å². The van der Waals surface area contributed by atoms with Gasteiger partial charge in [-0.2, -0.15) is 0 Å². The molecule has 0 spiro atoms. The molecule has 0 bridgehead atoms. The number of non-ortho nitro benzene ring substituents is 1. The quantitative estimate of drug-likeness (QED) is 0.635. The van der Waals surface area contributed by atoms with Gasteiger partial charge in [0.05, 0.1) is 11.0 Å². The van der Waals surface area contributed by atoms with Gasteiger partial charge in [0.15, 0.2) is 0 Å². The zero-order chi connectivity index (χ0) is 18.7. The molecule has 2 N–H and O–H groups in total. The van der Waals surface area contributed by atoms with Crippen LogP contribution in [0.25, 0.3) is 0 Å². The van der Waals surface area contributed by atoms with Gasteiger partial charge in [-0.05, 0) is 25.5 Å². The Morgan fingerprint density at radius 2 is 1.96 bits per heavy atom. The number of ether oxygens (including phenoxy) is 1. The number of rotatable bonds is 6. The molecule has 138 valence electrons. The van der Waals surface area contributed by atoms with E-state index in [1.54, 1.807) is 12.1 Å². The van der Waals surface area contributed by atoms with Crippen molar-refractivity contribution in [1.82, 2.24) is 4.90 Å².